The maximum absolute atomic E-state index is 5.64. The van der Waals surface area contributed by atoms with Crippen molar-refractivity contribution in [3.05, 3.63) is 34.6 Å². The lowest BCUT2D eigenvalue weighted by atomic mass is 10.2. The first-order valence-corrected chi connectivity index (χ1v) is 5.61. The van der Waals surface area contributed by atoms with Gasteiger partial charge in [-0.1, -0.05) is 0 Å². The van der Waals surface area contributed by atoms with E-state index in [1.54, 1.807) is 17.5 Å². The highest BCUT2D eigenvalue weighted by Crippen LogP contribution is 2.29. The molecule has 0 radical (unpaired) electrons. The van der Waals surface area contributed by atoms with Gasteiger partial charge in [-0.05, 0) is 25.5 Å². The molecule has 15 heavy (non-hydrogen) atoms. The third-order valence-corrected chi connectivity index (χ3v) is 3.54. The highest BCUT2D eigenvalue weighted by atomic mass is 32.1. The van der Waals surface area contributed by atoms with Gasteiger partial charge in [0, 0.05) is 29.4 Å². The molecule has 2 aromatic rings. The van der Waals surface area contributed by atoms with Crippen LogP contribution in [-0.2, 0) is 6.54 Å². The number of nitrogens with two attached hydrogens (primary N) is 1. The molecular formula is C11H13N3S. The van der Waals surface area contributed by atoms with Crippen LogP contribution >= 0.6 is 11.3 Å². The Hall–Kier alpha value is -1.26. The molecule has 0 saturated carbocycles. The molecule has 78 valence electrons. The maximum atomic E-state index is 5.64. The number of aryl methyl sites for hydroxylation is 2. The average Bonchev–Trinajstić information content (AvgIpc) is 2.60. The largest absolute Gasteiger partial charge is 0.326 e. The first kappa shape index (κ1) is 10.3. The summed E-state index contributed by atoms with van der Waals surface area (Å²) in [6, 6.07) is 1.99. The molecule has 0 unspecified atom stereocenters. The topological polar surface area (TPSA) is 51.8 Å². The molecule has 0 aliphatic heterocycles. The van der Waals surface area contributed by atoms with Crippen LogP contribution in [0.3, 0.4) is 0 Å². The molecular weight excluding hydrogens is 206 g/mol. The van der Waals surface area contributed by atoms with Crippen LogP contribution in [0.5, 0.6) is 0 Å². The predicted molar refractivity (Wildman–Crippen MR) is 62.7 cm³/mol. The highest BCUT2D eigenvalue weighted by molar-refractivity contribution is 7.15. The quantitative estimate of drug-likeness (QED) is 0.843. The standard InChI is InChI=1S/C11H13N3S/c1-7-6-13-4-3-9(7)11-14-8(2)10(5-12)15-11/h3-4,6H,5,12H2,1-2H3. The van der Waals surface area contributed by atoms with Crippen molar-refractivity contribution in [3.63, 3.8) is 0 Å². The van der Waals surface area contributed by atoms with Crippen molar-refractivity contribution in [2.75, 3.05) is 0 Å². The Morgan fingerprint density at radius 1 is 1.40 bits per heavy atom. The summed E-state index contributed by atoms with van der Waals surface area (Å²) in [6.07, 6.45) is 3.65. The number of aromatic nitrogens is 2. The summed E-state index contributed by atoms with van der Waals surface area (Å²) in [5, 5.41) is 1.04. The summed E-state index contributed by atoms with van der Waals surface area (Å²) in [5.41, 5.74) is 8.97. The zero-order valence-corrected chi connectivity index (χ0v) is 9.64. The van der Waals surface area contributed by atoms with Crippen LogP contribution in [0.1, 0.15) is 16.1 Å². The maximum Gasteiger partial charge on any atom is 0.124 e. The van der Waals surface area contributed by atoms with Gasteiger partial charge in [0.15, 0.2) is 0 Å². The van der Waals surface area contributed by atoms with Gasteiger partial charge < -0.3 is 5.73 Å². The van der Waals surface area contributed by atoms with Gasteiger partial charge in [-0.3, -0.25) is 4.98 Å². The summed E-state index contributed by atoms with van der Waals surface area (Å²) in [4.78, 5) is 9.75. The van der Waals surface area contributed by atoms with Crippen molar-refractivity contribution < 1.29 is 0 Å². The lowest BCUT2D eigenvalue weighted by molar-refractivity contribution is 1.06. The van der Waals surface area contributed by atoms with Gasteiger partial charge in [0.2, 0.25) is 0 Å². The van der Waals surface area contributed by atoms with Crippen LogP contribution in [-0.4, -0.2) is 9.97 Å². The van der Waals surface area contributed by atoms with E-state index in [0.29, 0.717) is 6.54 Å². The van der Waals surface area contributed by atoms with Crippen molar-refractivity contribution in [1.29, 1.82) is 0 Å². The van der Waals surface area contributed by atoms with Crippen molar-refractivity contribution in [2.45, 2.75) is 20.4 Å². The Balaban J connectivity index is 2.50. The van der Waals surface area contributed by atoms with Crippen LogP contribution in [0, 0.1) is 13.8 Å². The van der Waals surface area contributed by atoms with Crippen LogP contribution in [0.15, 0.2) is 18.5 Å². The highest BCUT2D eigenvalue weighted by Gasteiger charge is 2.09. The fourth-order valence-corrected chi connectivity index (χ4v) is 2.48. The van der Waals surface area contributed by atoms with Gasteiger partial charge in [0.05, 0.1) is 5.69 Å². The number of thiazole rings is 1. The molecule has 3 nitrogen and oxygen atoms in total. The van der Waals surface area contributed by atoms with Crippen molar-refractivity contribution in [1.82, 2.24) is 9.97 Å². The van der Waals surface area contributed by atoms with E-state index in [1.165, 1.54) is 0 Å². The Bertz CT molecular complexity index is 476. The summed E-state index contributed by atoms with van der Waals surface area (Å²) < 4.78 is 0. The van der Waals surface area contributed by atoms with Gasteiger partial charge in [0.25, 0.3) is 0 Å². The summed E-state index contributed by atoms with van der Waals surface area (Å²) in [6.45, 7) is 4.60. The molecule has 0 bridgehead atoms. The summed E-state index contributed by atoms with van der Waals surface area (Å²) >= 11 is 1.66. The van der Waals surface area contributed by atoms with E-state index in [-0.39, 0.29) is 0 Å². The van der Waals surface area contributed by atoms with Gasteiger partial charge in [-0.25, -0.2) is 4.98 Å². The Morgan fingerprint density at radius 3 is 2.80 bits per heavy atom. The minimum atomic E-state index is 0.563. The van der Waals surface area contributed by atoms with E-state index < -0.39 is 0 Å². The third kappa shape index (κ3) is 1.91. The molecule has 4 heteroatoms. The zero-order valence-electron chi connectivity index (χ0n) is 8.82. The molecule has 2 N–H and O–H groups in total. The van der Waals surface area contributed by atoms with E-state index in [9.17, 15) is 0 Å². The number of pyridine rings is 1. The number of hydrogen-bond donors (Lipinski definition) is 1. The molecule has 0 fully saturated rings. The van der Waals surface area contributed by atoms with Gasteiger partial charge in [-0.15, -0.1) is 11.3 Å². The molecule has 2 rings (SSSR count). The van der Waals surface area contributed by atoms with Gasteiger partial charge in [-0.2, -0.15) is 0 Å². The molecule has 0 atom stereocenters. The fourth-order valence-electron chi connectivity index (χ4n) is 1.45. The average molecular weight is 219 g/mol. The van der Waals surface area contributed by atoms with E-state index in [4.69, 9.17) is 5.73 Å². The zero-order chi connectivity index (χ0) is 10.8. The van der Waals surface area contributed by atoms with Crippen molar-refractivity contribution in [2.24, 2.45) is 5.73 Å². The molecule has 2 heterocycles. The van der Waals surface area contributed by atoms with Crippen molar-refractivity contribution in [3.8, 4) is 10.6 Å². The summed E-state index contributed by atoms with van der Waals surface area (Å²) in [5.74, 6) is 0. The smallest absolute Gasteiger partial charge is 0.124 e. The summed E-state index contributed by atoms with van der Waals surface area (Å²) in [7, 11) is 0. The Kier molecular flexibility index (Phi) is 2.79. The molecule has 0 spiro atoms. The van der Waals surface area contributed by atoms with Crippen LogP contribution in [0.25, 0.3) is 10.6 Å². The fraction of sp³-hybridized carbons (Fsp3) is 0.273. The third-order valence-electron chi connectivity index (χ3n) is 2.33. The first-order valence-electron chi connectivity index (χ1n) is 4.79. The second-order valence-corrected chi connectivity index (χ2v) is 4.51. The normalized spacial score (nSPS) is 10.6. The van der Waals surface area contributed by atoms with E-state index in [2.05, 4.69) is 9.97 Å². The van der Waals surface area contributed by atoms with Gasteiger partial charge >= 0.3 is 0 Å². The second-order valence-electron chi connectivity index (χ2n) is 3.42. The molecule has 0 amide bonds. The molecule has 0 aliphatic carbocycles. The second kappa shape index (κ2) is 4.08. The Morgan fingerprint density at radius 2 is 2.20 bits per heavy atom. The number of hydrogen-bond acceptors (Lipinski definition) is 4. The molecule has 0 aromatic carbocycles. The predicted octanol–water partition coefficient (Wildman–Crippen LogP) is 2.28. The van der Waals surface area contributed by atoms with E-state index in [1.807, 2.05) is 26.1 Å². The molecule has 0 saturated heterocycles. The van der Waals surface area contributed by atoms with Crippen molar-refractivity contribution >= 4 is 11.3 Å². The molecule has 2 aromatic heterocycles. The lowest BCUT2D eigenvalue weighted by Gasteiger charge is -1.99. The van der Waals surface area contributed by atoms with Gasteiger partial charge in [0.1, 0.15) is 5.01 Å². The SMILES string of the molecule is Cc1cnccc1-c1nc(C)c(CN)s1. The lowest BCUT2D eigenvalue weighted by Crippen LogP contribution is -1.94. The monoisotopic (exact) mass is 219 g/mol. The minimum Gasteiger partial charge on any atom is -0.326 e. The number of nitrogens with zero attached hydrogens (tertiary/aromatic N) is 2. The first-order chi connectivity index (χ1) is 7.22. The molecule has 0 aliphatic rings. The minimum absolute atomic E-state index is 0.563. The number of rotatable bonds is 2. The Labute approximate surface area is 93.0 Å². The van der Waals surface area contributed by atoms with E-state index in [0.717, 1.165) is 26.7 Å². The van der Waals surface area contributed by atoms with Crippen LogP contribution < -0.4 is 5.73 Å². The van der Waals surface area contributed by atoms with E-state index >= 15 is 0 Å². The van der Waals surface area contributed by atoms with Crippen LogP contribution in [0.2, 0.25) is 0 Å². The van der Waals surface area contributed by atoms with Crippen LogP contribution in [0.4, 0.5) is 0 Å².